The molecule has 0 unspecified atom stereocenters. The van der Waals surface area contributed by atoms with Gasteiger partial charge in [-0.2, -0.15) is 0 Å². The van der Waals surface area contributed by atoms with Gasteiger partial charge < -0.3 is 14.6 Å². The number of ether oxygens (including phenoxy) is 2. The van der Waals surface area contributed by atoms with Gasteiger partial charge in [-0.05, 0) is 42.7 Å². The number of aliphatic hydroxyl groups is 1. The van der Waals surface area contributed by atoms with E-state index in [2.05, 4.69) is 11.9 Å². The molecule has 0 aliphatic carbocycles. The fourth-order valence-electron chi connectivity index (χ4n) is 2.00. The van der Waals surface area contributed by atoms with Crippen LogP contribution in [0, 0.1) is 0 Å². The van der Waals surface area contributed by atoms with Crippen molar-refractivity contribution in [3.63, 3.8) is 0 Å². The molecule has 4 heteroatoms. The third-order valence-electron chi connectivity index (χ3n) is 3.35. The summed E-state index contributed by atoms with van der Waals surface area (Å²) in [6, 6.07) is 9.45. The van der Waals surface area contributed by atoms with Gasteiger partial charge in [-0.15, -0.1) is 0 Å². The van der Waals surface area contributed by atoms with Gasteiger partial charge in [-0.1, -0.05) is 19.9 Å². The molecule has 1 aromatic carbocycles. The number of benzene rings is 1. The van der Waals surface area contributed by atoms with E-state index in [1.54, 1.807) is 25.4 Å². The molecule has 0 aliphatic rings. The molecule has 0 saturated heterocycles. The van der Waals surface area contributed by atoms with Crippen LogP contribution in [0.2, 0.25) is 0 Å². The van der Waals surface area contributed by atoms with Crippen LogP contribution in [-0.4, -0.2) is 17.2 Å². The summed E-state index contributed by atoms with van der Waals surface area (Å²) >= 11 is 0. The number of aliphatic hydroxyl groups excluding tert-OH is 1. The molecule has 2 aromatic rings. The minimum atomic E-state index is -0.530. The Morgan fingerprint density at radius 1 is 1.14 bits per heavy atom. The summed E-state index contributed by atoms with van der Waals surface area (Å²) < 4.78 is 11.2. The van der Waals surface area contributed by atoms with Crippen LogP contribution in [0.25, 0.3) is 0 Å². The zero-order valence-electron chi connectivity index (χ0n) is 12.7. The maximum atomic E-state index is 9.73. The number of rotatable bonds is 6. The number of hydrogen-bond acceptors (Lipinski definition) is 4. The fraction of sp³-hybridized carbons (Fsp3) is 0.353. The van der Waals surface area contributed by atoms with E-state index in [-0.39, 0.29) is 0 Å². The van der Waals surface area contributed by atoms with E-state index < -0.39 is 6.10 Å². The predicted octanol–water partition coefficient (Wildman–Crippen LogP) is 3.89. The van der Waals surface area contributed by atoms with E-state index in [1.807, 2.05) is 25.1 Å². The molecule has 1 N–H and O–H groups in total. The highest BCUT2D eigenvalue weighted by molar-refractivity contribution is 5.45. The molecular weight excluding hydrogens is 266 g/mol. The fourth-order valence-corrected chi connectivity index (χ4v) is 2.00. The Morgan fingerprint density at radius 2 is 1.95 bits per heavy atom. The van der Waals surface area contributed by atoms with Crippen LogP contribution in [0.1, 0.15) is 37.6 Å². The first-order chi connectivity index (χ1) is 10.2. The molecule has 0 fully saturated rings. The second-order valence-electron chi connectivity index (χ2n) is 4.78. The van der Waals surface area contributed by atoms with Gasteiger partial charge in [0, 0.05) is 0 Å². The summed E-state index contributed by atoms with van der Waals surface area (Å²) in [4.78, 5) is 4.22. The first-order valence-electron chi connectivity index (χ1n) is 7.16. The van der Waals surface area contributed by atoms with Crippen molar-refractivity contribution in [2.75, 3.05) is 7.11 Å². The Labute approximate surface area is 125 Å². The number of aromatic nitrogens is 1. The number of hydrogen-bond donors (Lipinski definition) is 1. The minimum Gasteiger partial charge on any atom is -0.493 e. The largest absolute Gasteiger partial charge is 0.493 e. The van der Waals surface area contributed by atoms with Crippen molar-refractivity contribution in [2.24, 2.45) is 0 Å². The lowest BCUT2D eigenvalue weighted by Gasteiger charge is -2.12. The summed E-state index contributed by atoms with van der Waals surface area (Å²) in [5, 5.41) is 9.73. The van der Waals surface area contributed by atoms with Crippen molar-refractivity contribution in [1.82, 2.24) is 4.98 Å². The van der Waals surface area contributed by atoms with Crippen molar-refractivity contribution in [3.8, 4) is 17.2 Å². The lowest BCUT2D eigenvalue weighted by molar-refractivity contribution is 0.169. The molecule has 112 valence electrons. The Kier molecular flexibility index (Phi) is 5.17. The second-order valence-corrected chi connectivity index (χ2v) is 4.78. The molecule has 0 saturated carbocycles. The number of methoxy groups -OCH3 is 1. The van der Waals surface area contributed by atoms with Crippen molar-refractivity contribution < 1.29 is 14.6 Å². The summed E-state index contributed by atoms with van der Waals surface area (Å²) in [6.45, 7) is 4.01. The van der Waals surface area contributed by atoms with Gasteiger partial charge in [0.1, 0.15) is 5.75 Å². The maximum Gasteiger partial charge on any atom is 0.169 e. The molecular formula is C17H21NO3. The van der Waals surface area contributed by atoms with Crippen LogP contribution in [0.5, 0.6) is 17.2 Å². The van der Waals surface area contributed by atoms with Crippen LogP contribution in [0.3, 0.4) is 0 Å². The number of pyridine rings is 1. The van der Waals surface area contributed by atoms with E-state index in [1.165, 1.54) is 5.56 Å². The van der Waals surface area contributed by atoms with Crippen molar-refractivity contribution >= 4 is 0 Å². The number of nitrogens with zero attached hydrogens (tertiary/aromatic N) is 1. The second kappa shape index (κ2) is 7.09. The maximum absolute atomic E-state index is 9.73. The Balaban J connectivity index is 2.18. The third kappa shape index (κ3) is 3.73. The van der Waals surface area contributed by atoms with E-state index in [0.717, 1.165) is 6.42 Å². The van der Waals surface area contributed by atoms with Crippen LogP contribution >= 0.6 is 0 Å². The molecule has 0 spiro atoms. The molecule has 2 rings (SSSR count). The molecule has 0 radical (unpaired) electrons. The molecule has 0 amide bonds. The number of aryl methyl sites for hydroxylation is 1. The zero-order chi connectivity index (χ0) is 15.2. The van der Waals surface area contributed by atoms with Gasteiger partial charge >= 0.3 is 0 Å². The van der Waals surface area contributed by atoms with Gasteiger partial charge in [0.2, 0.25) is 0 Å². The van der Waals surface area contributed by atoms with Gasteiger partial charge in [0.25, 0.3) is 0 Å². The lowest BCUT2D eigenvalue weighted by Crippen LogP contribution is -1.98. The summed E-state index contributed by atoms with van der Waals surface area (Å²) in [5.41, 5.74) is 1.84. The average molecular weight is 287 g/mol. The molecule has 1 aromatic heterocycles. The first kappa shape index (κ1) is 15.3. The molecule has 0 aliphatic heterocycles. The standard InChI is InChI=1S/C17H21NO3/c1-4-12-6-9-16(17(10-12)20-3)21-13-7-8-14(18-11-13)15(19)5-2/h6-11,15,19H,4-5H2,1-3H3/t15-/m0/s1. The first-order valence-corrected chi connectivity index (χ1v) is 7.16. The SMILES string of the molecule is CCc1ccc(Oc2ccc([C@@H](O)CC)nc2)c(OC)c1. The molecule has 21 heavy (non-hydrogen) atoms. The third-order valence-corrected chi connectivity index (χ3v) is 3.35. The average Bonchev–Trinajstić information content (AvgIpc) is 2.55. The highest BCUT2D eigenvalue weighted by Gasteiger charge is 2.09. The van der Waals surface area contributed by atoms with Gasteiger partial charge in [-0.25, -0.2) is 0 Å². The summed E-state index contributed by atoms with van der Waals surface area (Å²) in [6.07, 6.45) is 2.67. The van der Waals surface area contributed by atoms with Crippen LogP contribution in [-0.2, 0) is 6.42 Å². The van der Waals surface area contributed by atoms with Crippen LogP contribution in [0.4, 0.5) is 0 Å². The monoisotopic (exact) mass is 287 g/mol. The topological polar surface area (TPSA) is 51.6 Å². The molecule has 1 atom stereocenters. The van der Waals surface area contributed by atoms with Gasteiger partial charge in [0.15, 0.2) is 11.5 Å². The quantitative estimate of drug-likeness (QED) is 0.875. The Bertz CT molecular complexity index is 581. The van der Waals surface area contributed by atoms with E-state index >= 15 is 0 Å². The smallest absolute Gasteiger partial charge is 0.169 e. The minimum absolute atomic E-state index is 0.530. The van der Waals surface area contributed by atoms with Crippen molar-refractivity contribution in [3.05, 3.63) is 47.8 Å². The highest BCUT2D eigenvalue weighted by Crippen LogP contribution is 2.32. The van der Waals surface area contributed by atoms with Crippen LogP contribution in [0.15, 0.2) is 36.5 Å². The highest BCUT2D eigenvalue weighted by atomic mass is 16.5. The summed E-state index contributed by atoms with van der Waals surface area (Å²) in [5.74, 6) is 1.97. The van der Waals surface area contributed by atoms with Crippen LogP contribution < -0.4 is 9.47 Å². The van der Waals surface area contributed by atoms with Crippen molar-refractivity contribution in [1.29, 1.82) is 0 Å². The summed E-state index contributed by atoms with van der Waals surface area (Å²) in [7, 11) is 1.63. The van der Waals surface area contributed by atoms with Crippen molar-refractivity contribution in [2.45, 2.75) is 32.8 Å². The molecule has 4 nitrogen and oxygen atoms in total. The van der Waals surface area contributed by atoms with Gasteiger partial charge in [-0.3, -0.25) is 4.98 Å². The Morgan fingerprint density at radius 3 is 2.52 bits per heavy atom. The zero-order valence-corrected chi connectivity index (χ0v) is 12.7. The van der Waals surface area contributed by atoms with E-state index in [4.69, 9.17) is 9.47 Å². The van der Waals surface area contributed by atoms with E-state index in [9.17, 15) is 5.11 Å². The van der Waals surface area contributed by atoms with Gasteiger partial charge in [0.05, 0.1) is 25.1 Å². The molecule has 0 bridgehead atoms. The normalized spacial score (nSPS) is 12.0. The Hall–Kier alpha value is -2.07. The molecule has 1 heterocycles. The van der Waals surface area contributed by atoms with E-state index in [0.29, 0.717) is 29.4 Å². The predicted molar refractivity (Wildman–Crippen MR) is 81.9 cm³/mol. The lowest BCUT2D eigenvalue weighted by atomic mass is 10.1.